The van der Waals surface area contributed by atoms with Gasteiger partial charge in [-0.05, 0) is 32.7 Å². The Labute approximate surface area is 109 Å². The van der Waals surface area contributed by atoms with E-state index in [9.17, 15) is 13.2 Å². The van der Waals surface area contributed by atoms with Crippen LogP contribution < -0.4 is 5.32 Å². The first-order valence-corrected chi connectivity index (χ1v) is 8.58. The van der Waals surface area contributed by atoms with Gasteiger partial charge in [-0.2, -0.15) is 0 Å². The van der Waals surface area contributed by atoms with E-state index in [4.69, 9.17) is 0 Å². The van der Waals surface area contributed by atoms with Crippen LogP contribution in [0.4, 0.5) is 0 Å². The van der Waals surface area contributed by atoms with E-state index in [2.05, 4.69) is 10.2 Å². The first-order valence-electron chi connectivity index (χ1n) is 6.63. The van der Waals surface area contributed by atoms with Crippen molar-refractivity contribution in [3.05, 3.63) is 0 Å². The minimum Gasteiger partial charge on any atom is -0.351 e. The molecule has 1 amide bonds. The third-order valence-corrected chi connectivity index (χ3v) is 5.69. The molecule has 0 unspecified atom stereocenters. The topological polar surface area (TPSA) is 66.5 Å². The molecule has 2 aliphatic heterocycles. The zero-order chi connectivity index (χ0) is 13.3. The van der Waals surface area contributed by atoms with Gasteiger partial charge in [-0.3, -0.25) is 9.69 Å². The van der Waals surface area contributed by atoms with Crippen LogP contribution in [-0.2, 0) is 14.6 Å². The summed E-state index contributed by atoms with van der Waals surface area (Å²) >= 11 is 0. The Hall–Kier alpha value is -0.620. The second-order valence-electron chi connectivity index (χ2n) is 5.47. The summed E-state index contributed by atoms with van der Waals surface area (Å²) in [5.41, 5.74) is 0. The van der Waals surface area contributed by atoms with Gasteiger partial charge in [-0.15, -0.1) is 0 Å². The van der Waals surface area contributed by atoms with Gasteiger partial charge in [0.05, 0.1) is 0 Å². The van der Waals surface area contributed by atoms with Gasteiger partial charge in [0, 0.05) is 24.9 Å². The Balaban J connectivity index is 1.96. The van der Waals surface area contributed by atoms with Gasteiger partial charge in [-0.25, -0.2) is 8.42 Å². The molecule has 2 aliphatic rings. The summed E-state index contributed by atoms with van der Waals surface area (Å²) in [5.74, 6) is -0.352. The lowest BCUT2D eigenvalue weighted by Gasteiger charge is -2.32. The molecule has 0 radical (unpaired) electrons. The number of carbonyl (C=O) groups is 1. The fraction of sp³-hybridized carbons (Fsp3) is 0.917. The maximum atomic E-state index is 11.9. The largest absolute Gasteiger partial charge is 0.351 e. The average Bonchev–Trinajstić information content (AvgIpc) is 2.70. The van der Waals surface area contributed by atoms with Gasteiger partial charge in [0.25, 0.3) is 0 Å². The molecule has 2 saturated heterocycles. The normalized spacial score (nSPS) is 30.8. The summed E-state index contributed by atoms with van der Waals surface area (Å²) in [4.78, 5) is 14.3. The molecule has 0 aromatic carbocycles. The number of rotatable bonds is 3. The lowest BCUT2D eigenvalue weighted by Crippen LogP contribution is -2.50. The Morgan fingerprint density at radius 2 is 2.00 bits per heavy atom. The molecule has 0 bridgehead atoms. The Morgan fingerprint density at radius 3 is 2.67 bits per heavy atom. The predicted molar refractivity (Wildman–Crippen MR) is 70.1 cm³/mol. The highest BCUT2D eigenvalue weighted by Gasteiger charge is 2.37. The van der Waals surface area contributed by atoms with Gasteiger partial charge < -0.3 is 5.32 Å². The smallest absolute Gasteiger partial charge is 0.238 e. The molecule has 2 rings (SSSR count). The monoisotopic (exact) mass is 274 g/mol. The summed E-state index contributed by atoms with van der Waals surface area (Å²) in [6.07, 6.45) is 5.59. The van der Waals surface area contributed by atoms with Crippen LogP contribution in [0.25, 0.3) is 0 Å². The van der Waals surface area contributed by atoms with Crippen LogP contribution >= 0.6 is 0 Å². The minimum atomic E-state index is -3.30. The van der Waals surface area contributed by atoms with Crippen molar-refractivity contribution in [1.29, 1.82) is 0 Å². The van der Waals surface area contributed by atoms with Crippen molar-refractivity contribution in [2.45, 2.75) is 49.9 Å². The molecule has 104 valence electrons. The van der Waals surface area contributed by atoms with E-state index in [0.717, 1.165) is 32.2 Å². The van der Waals surface area contributed by atoms with E-state index < -0.39 is 15.1 Å². The quantitative estimate of drug-likeness (QED) is 0.796. The molecule has 0 aromatic rings. The second kappa shape index (κ2) is 5.17. The number of carbonyl (C=O) groups excluding carboxylic acids is 1. The number of sulfone groups is 1. The highest BCUT2D eigenvalue weighted by Crippen LogP contribution is 2.27. The minimum absolute atomic E-state index is 0.127. The lowest BCUT2D eigenvalue weighted by molar-refractivity contribution is -0.121. The summed E-state index contributed by atoms with van der Waals surface area (Å²) in [6, 6.07) is 0.538. The Bertz CT molecular complexity index is 421. The standard InChI is InChI=1S/C12H22N2O3S/c1-9(18(2,16)17)12(15)13-10-6-8-14-7-4-3-5-11(10)14/h9-11H,3-8H2,1-2H3,(H,13,15)/t9-,10+,11-/m1/s1. The molecule has 0 spiro atoms. The van der Waals surface area contributed by atoms with Crippen molar-refractivity contribution in [2.24, 2.45) is 0 Å². The van der Waals surface area contributed by atoms with E-state index in [1.54, 1.807) is 0 Å². The first-order chi connectivity index (χ1) is 8.39. The molecule has 5 nitrogen and oxygen atoms in total. The number of fused-ring (bicyclic) bond motifs is 1. The number of nitrogens with zero attached hydrogens (tertiary/aromatic N) is 1. The fourth-order valence-electron chi connectivity index (χ4n) is 2.91. The van der Waals surface area contributed by atoms with E-state index in [0.29, 0.717) is 6.04 Å². The molecule has 6 heteroatoms. The predicted octanol–water partition coefficient (Wildman–Crippen LogP) is 0.163. The maximum Gasteiger partial charge on any atom is 0.238 e. The third-order valence-electron chi connectivity index (χ3n) is 4.20. The highest BCUT2D eigenvalue weighted by atomic mass is 32.2. The summed E-state index contributed by atoms with van der Waals surface area (Å²) < 4.78 is 22.7. The summed E-state index contributed by atoms with van der Waals surface area (Å²) in [5, 5.41) is 1.98. The molecule has 2 fully saturated rings. The zero-order valence-electron chi connectivity index (χ0n) is 11.1. The van der Waals surface area contributed by atoms with Gasteiger partial charge in [-0.1, -0.05) is 6.42 Å². The van der Waals surface area contributed by atoms with Crippen molar-refractivity contribution in [3.63, 3.8) is 0 Å². The maximum absolute atomic E-state index is 11.9. The second-order valence-corrected chi connectivity index (χ2v) is 7.84. The molecule has 0 saturated carbocycles. The Kier molecular flexibility index (Phi) is 3.96. The van der Waals surface area contributed by atoms with E-state index in [1.165, 1.54) is 19.8 Å². The average molecular weight is 274 g/mol. The number of piperidine rings is 1. The molecule has 0 aromatic heterocycles. The summed E-state index contributed by atoms with van der Waals surface area (Å²) in [6.45, 7) is 3.58. The van der Waals surface area contributed by atoms with Crippen LogP contribution in [0.5, 0.6) is 0 Å². The molecular weight excluding hydrogens is 252 g/mol. The van der Waals surface area contributed by atoms with E-state index in [-0.39, 0.29) is 11.9 Å². The van der Waals surface area contributed by atoms with Crippen molar-refractivity contribution in [3.8, 4) is 0 Å². The van der Waals surface area contributed by atoms with Crippen molar-refractivity contribution in [2.75, 3.05) is 19.3 Å². The molecule has 18 heavy (non-hydrogen) atoms. The summed E-state index contributed by atoms with van der Waals surface area (Å²) in [7, 11) is -3.30. The van der Waals surface area contributed by atoms with Crippen LogP contribution in [-0.4, -0.2) is 55.9 Å². The van der Waals surface area contributed by atoms with Crippen LogP contribution in [0.1, 0.15) is 32.6 Å². The van der Waals surface area contributed by atoms with Gasteiger partial charge in [0.15, 0.2) is 9.84 Å². The molecule has 2 heterocycles. The van der Waals surface area contributed by atoms with Crippen molar-refractivity contribution < 1.29 is 13.2 Å². The number of amides is 1. The number of hydrogen-bond acceptors (Lipinski definition) is 4. The molecule has 1 N–H and O–H groups in total. The lowest BCUT2D eigenvalue weighted by atomic mass is 9.99. The SMILES string of the molecule is C[C@H](C(=O)N[C@H]1CCN2CCCC[C@H]12)S(C)(=O)=O. The molecular formula is C12H22N2O3S. The number of nitrogens with one attached hydrogen (secondary N) is 1. The van der Waals surface area contributed by atoms with Crippen molar-refractivity contribution >= 4 is 15.7 Å². The molecule has 3 atom stereocenters. The first kappa shape index (κ1) is 13.8. The van der Waals surface area contributed by atoms with Gasteiger partial charge >= 0.3 is 0 Å². The Morgan fingerprint density at radius 1 is 1.28 bits per heavy atom. The van der Waals surface area contributed by atoms with Gasteiger partial charge in [0.2, 0.25) is 5.91 Å². The van der Waals surface area contributed by atoms with Crippen molar-refractivity contribution in [1.82, 2.24) is 10.2 Å². The van der Waals surface area contributed by atoms with E-state index in [1.807, 2.05) is 0 Å². The van der Waals surface area contributed by atoms with Crippen LogP contribution in [0.15, 0.2) is 0 Å². The van der Waals surface area contributed by atoms with Gasteiger partial charge in [0.1, 0.15) is 5.25 Å². The van der Waals surface area contributed by atoms with Crippen LogP contribution in [0, 0.1) is 0 Å². The zero-order valence-corrected chi connectivity index (χ0v) is 11.9. The third kappa shape index (κ3) is 2.85. The van der Waals surface area contributed by atoms with Crippen LogP contribution in [0.3, 0.4) is 0 Å². The number of hydrogen-bond donors (Lipinski definition) is 1. The van der Waals surface area contributed by atoms with Crippen LogP contribution in [0.2, 0.25) is 0 Å². The van der Waals surface area contributed by atoms with E-state index >= 15 is 0 Å². The molecule has 0 aliphatic carbocycles. The highest BCUT2D eigenvalue weighted by molar-refractivity contribution is 7.92. The fourth-order valence-corrected chi connectivity index (χ4v) is 3.37.